The third kappa shape index (κ3) is 4.37. The van der Waals surface area contributed by atoms with Gasteiger partial charge in [-0.3, -0.25) is 4.79 Å². The highest BCUT2D eigenvalue weighted by Gasteiger charge is 2.37. The second kappa shape index (κ2) is 7.85. The first-order valence-electron chi connectivity index (χ1n) is 7.94. The van der Waals surface area contributed by atoms with Gasteiger partial charge in [-0.1, -0.05) is 31.0 Å². The van der Waals surface area contributed by atoms with Gasteiger partial charge in [-0.25, -0.2) is 4.79 Å². The van der Waals surface area contributed by atoms with E-state index >= 15 is 0 Å². The Morgan fingerprint density at radius 2 is 1.91 bits per heavy atom. The van der Waals surface area contributed by atoms with Crippen LogP contribution < -0.4 is 15.4 Å². The molecule has 1 aromatic carbocycles. The Bertz CT molecular complexity index is 553. The molecule has 126 valence electrons. The lowest BCUT2D eigenvalue weighted by molar-refractivity contribution is -0.136. The first-order chi connectivity index (χ1) is 11.1. The molecular formula is C17H24N2O4. The van der Waals surface area contributed by atoms with Crippen molar-refractivity contribution in [1.82, 2.24) is 10.6 Å². The van der Waals surface area contributed by atoms with Crippen LogP contribution in [0.3, 0.4) is 0 Å². The van der Waals surface area contributed by atoms with Crippen molar-refractivity contribution >= 4 is 12.0 Å². The number of methoxy groups -OCH3 is 1. The maximum atomic E-state index is 11.9. The Morgan fingerprint density at radius 3 is 2.57 bits per heavy atom. The molecule has 23 heavy (non-hydrogen) atoms. The Labute approximate surface area is 136 Å². The van der Waals surface area contributed by atoms with E-state index in [9.17, 15) is 9.59 Å². The maximum Gasteiger partial charge on any atom is 0.314 e. The smallest absolute Gasteiger partial charge is 0.314 e. The molecule has 1 aliphatic carbocycles. The lowest BCUT2D eigenvalue weighted by Gasteiger charge is -2.31. The monoisotopic (exact) mass is 320 g/mol. The summed E-state index contributed by atoms with van der Waals surface area (Å²) >= 11 is 0. The maximum absolute atomic E-state index is 11.9. The number of carboxylic acid groups (broad SMARTS) is 1. The summed E-state index contributed by atoms with van der Waals surface area (Å²) in [6, 6.07) is 7.62. The van der Waals surface area contributed by atoms with Crippen LogP contribution in [0.15, 0.2) is 24.3 Å². The summed E-state index contributed by atoms with van der Waals surface area (Å²) in [5.74, 6) is -0.0749. The summed E-state index contributed by atoms with van der Waals surface area (Å²) in [5, 5.41) is 14.1. The zero-order chi connectivity index (χ0) is 16.7. The lowest BCUT2D eigenvalue weighted by Crippen LogP contribution is -2.44. The van der Waals surface area contributed by atoms with E-state index in [4.69, 9.17) is 9.84 Å². The number of nitrogens with one attached hydrogen (secondary N) is 2. The van der Waals surface area contributed by atoms with Gasteiger partial charge >= 0.3 is 12.0 Å². The van der Waals surface area contributed by atoms with Crippen LogP contribution in [0.2, 0.25) is 0 Å². The molecule has 2 rings (SSSR count). The number of carbonyl (C=O) groups excluding carboxylic acids is 1. The van der Waals surface area contributed by atoms with Crippen molar-refractivity contribution in [3.8, 4) is 5.75 Å². The van der Waals surface area contributed by atoms with Crippen molar-refractivity contribution in [2.75, 3.05) is 20.2 Å². The molecule has 1 fully saturated rings. The second-order valence-electron chi connectivity index (χ2n) is 5.94. The summed E-state index contributed by atoms with van der Waals surface area (Å²) < 4.78 is 5.49. The number of rotatable bonds is 7. The molecule has 0 saturated heterocycles. The van der Waals surface area contributed by atoms with Crippen molar-refractivity contribution < 1.29 is 19.4 Å². The predicted octanol–water partition coefficient (Wildman–Crippen LogP) is 2.28. The topological polar surface area (TPSA) is 87.7 Å². The number of carboxylic acids is 1. The van der Waals surface area contributed by atoms with E-state index in [1.165, 1.54) is 0 Å². The fourth-order valence-corrected chi connectivity index (χ4v) is 3.27. The van der Waals surface area contributed by atoms with E-state index in [2.05, 4.69) is 16.7 Å². The molecular weight excluding hydrogens is 296 g/mol. The molecule has 0 atom stereocenters. The Balaban J connectivity index is 2.01. The minimum absolute atomic E-state index is 0.0783. The van der Waals surface area contributed by atoms with Gasteiger partial charge in [0.05, 0.1) is 13.5 Å². The largest absolute Gasteiger partial charge is 0.496 e. The Morgan fingerprint density at radius 1 is 1.22 bits per heavy atom. The number of benzene rings is 1. The third-order valence-electron chi connectivity index (χ3n) is 4.45. The lowest BCUT2D eigenvalue weighted by atomic mass is 9.78. The summed E-state index contributed by atoms with van der Waals surface area (Å²) in [5.41, 5.74) is 1.02. The summed E-state index contributed by atoms with van der Waals surface area (Å²) in [4.78, 5) is 22.3. The number of para-hydroxylation sites is 1. The number of hydrogen-bond acceptors (Lipinski definition) is 3. The number of amides is 2. The van der Waals surface area contributed by atoms with Crippen LogP contribution in [-0.2, 0) is 10.2 Å². The molecule has 1 saturated carbocycles. The molecule has 0 aromatic heterocycles. The van der Waals surface area contributed by atoms with Crippen LogP contribution in [-0.4, -0.2) is 37.3 Å². The molecule has 2 amide bonds. The second-order valence-corrected chi connectivity index (χ2v) is 5.94. The quantitative estimate of drug-likeness (QED) is 0.719. The standard InChI is InChI=1S/C17H24N2O4/c1-23-14-7-3-2-6-13(14)17(9-4-5-10-17)12-19-16(22)18-11-8-15(20)21/h2-3,6-7H,4-5,8-12H2,1H3,(H,20,21)(H2,18,19,22). The van der Waals surface area contributed by atoms with Crippen molar-refractivity contribution in [2.45, 2.75) is 37.5 Å². The molecule has 3 N–H and O–H groups in total. The highest BCUT2D eigenvalue weighted by atomic mass is 16.5. The van der Waals surface area contributed by atoms with Gasteiger partial charge in [0, 0.05) is 24.1 Å². The van der Waals surface area contributed by atoms with E-state index < -0.39 is 5.97 Å². The fraction of sp³-hybridized carbons (Fsp3) is 0.529. The number of urea groups is 1. The number of hydrogen-bond donors (Lipinski definition) is 3. The summed E-state index contributed by atoms with van der Waals surface area (Å²) in [6.45, 7) is 0.648. The fourth-order valence-electron chi connectivity index (χ4n) is 3.27. The van der Waals surface area contributed by atoms with Gasteiger partial charge in [0.25, 0.3) is 0 Å². The highest BCUT2D eigenvalue weighted by molar-refractivity contribution is 5.75. The molecule has 6 nitrogen and oxygen atoms in total. The minimum Gasteiger partial charge on any atom is -0.496 e. The van der Waals surface area contributed by atoms with Gasteiger partial charge in [-0.05, 0) is 18.9 Å². The normalized spacial score (nSPS) is 15.9. The molecule has 0 bridgehead atoms. The summed E-state index contributed by atoms with van der Waals surface area (Å²) in [6.07, 6.45) is 4.18. The Hall–Kier alpha value is -2.24. The van der Waals surface area contributed by atoms with Crippen molar-refractivity contribution in [3.63, 3.8) is 0 Å². The van der Waals surface area contributed by atoms with Gasteiger partial charge < -0.3 is 20.5 Å². The average Bonchev–Trinajstić information content (AvgIpc) is 3.02. The number of carbonyl (C=O) groups is 2. The average molecular weight is 320 g/mol. The zero-order valence-electron chi connectivity index (χ0n) is 13.4. The molecule has 1 aliphatic rings. The first kappa shape index (κ1) is 17.1. The molecule has 6 heteroatoms. The molecule has 0 unspecified atom stereocenters. The first-order valence-corrected chi connectivity index (χ1v) is 7.94. The van der Waals surface area contributed by atoms with Gasteiger partial charge in [0.1, 0.15) is 5.75 Å². The molecule has 0 heterocycles. The van der Waals surface area contributed by atoms with Crippen molar-refractivity contribution in [1.29, 1.82) is 0 Å². The number of aliphatic carboxylic acids is 1. The van der Waals surface area contributed by atoms with Gasteiger partial charge in [-0.2, -0.15) is 0 Å². The Kier molecular flexibility index (Phi) is 5.84. The predicted molar refractivity (Wildman–Crippen MR) is 86.8 cm³/mol. The van der Waals surface area contributed by atoms with Gasteiger partial charge in [0.15, 0.2) is 0 Å². The summed E-state index contributed by atoms with van der Waals surface area (Å²) in [7, 11) is 1.66. The van der Waals surface area contributed by atoms with Gasteiger partial charge in [0.2, 0.25) is 0 Å². The van der Waals surface area contributed by atoms with Crippen molar-refractivity contribution in [3.05, 3.63) is 29.8 Å². The SMILES string of the molecule is COc1ccccc1C1(CNC(=O)NCCC(=O)O)CCCC1. The van der Waals surface area contributed by atoms with Gasteiger partial charge in [-0.15, -0.1) is 0 Å². The van der Waals surface area contributed by atoms with E-state index in [1.807, 2.05) is 18.2 Å². The van der Waals surface area contributed by atoms with E-state index in [0.717, 1.165) is 37.0 Å². The molecule has 0 radical (unpaired) electrons. The van der Waals surface area contributed by atoms with Crippen LogP contribution in [0, 0.1) is 0 Å². The van der Waals surface area contributed by atoms with Crippen LogP contribution in [0.25, 0.3) is 0 Å². The molecule has 1 aromatic rings. The van der Waals surface area contributed by atoms with E-state index in [-0.39, 0.29) is 24.4 Å². The minimum atomic E-state index is -0.924. The van der Waals surface area contributed by atoms with Crippen LogP contribution in [0.5, 0.6) is 5.75 Å². The zero-order valence-corrected chi connectivity index (χ0v) is 13.4. The third-order valence-corrected chi connectivity index (χ3v) is 4.45. The van der Waals surface area contributed by atoms with Crippen LogP contribution >= 0.6 is 0 Å². The molecule has 0 aliphatic heterocycles. The van der Waals surface area contributed by atoms with Crippen LogP contribution in [0.1, 0.15) is 37.7 Å². The van der Waals surface area contributed by atoms with E-state index in [0.29, 0.717) is 6.54 Å². The van der Waals surface area contributed by atoms with Crippen molar-refractivity contribution in [2.24, 2.45) is 0 Å². The van der Waals surface area contributed by atoms with Crippen LogP contribution in [0.4, 0.5) is 4.79 Å². The number of ether oxygens (including phenoxy) is 1. The highest BCUT2D eigenvalue weighted by Crippen LogP contribution is 2.44. The van der Waals surface area contributed by atoms with E-state index in [1.54, 1.807) is 7.11 Å². The molecule has 0 spiro atoms.